The van der Waals surface area contributed by atoms with E-state index in [1.807, 2.05) is 12.1 Å². The molecule has 0 saturated carbocycles. The first-order chi connectivity index (χ1) is 7.20. The van der Waals surface area contributed by atoms with Crippen molar-refractivity contribution in [3.05, 3.63) is 42.0 Å². The van der Waals surface area contributed by atoms with Gasteiger partial charge in [-0.05, 0) is 37.1 Å². The fraction of sp³-hybridized carbons (Fsp3) is 0.0909. The highest BCUT2D eigenvalue weighted by Gasteiger charge is 2.05. The zero-order valence-electron chi connectivity index (χ0n) is 8.13. The van der Waals surface area contributed by atoms with Crippen LogP contribution in [0.3, 0.4) is 0 Å². The first kappa shape index (κ1) is 10.1. The molecule has 3 N–H and O–H groups in total. The van der Waals surface area contributed by atoms with Crippen LogP contribution in [0.5, 0.6) is 0 Å². The number of pyridine rings is 1. The Morgan fingerprint density at radius 2 is 2.27 bits per heavy atom. The minimum absolute atomic E-state index is 0.469. The SMILES string of the molecule is [CH2]Cc1cc(-c2ccnc(Cl)c2)[nH]c1N. The van der Waals surface area contributed by atoms with Gasteiger partial charge in [-0.25, -0.2) is 4.98 Å². The Bertz CT molecular complexity index is 476. The van der Waals surface area contributed by atoms with Crippen molar-refractivity contribution in [1.82, 2.24) is 9.97 Å². The highest BCUT2D eigenvalue weighted by Crippen LogP contribution is 2.24. The Balaban J connectivity index is 2.45. The molecule has 0 saturated heterocycles. The molecule has 0 amide bonds. The van der Waals surface area contributed by atoms with Crippen molar-refractivity contribution >= 4 is 17.4 Å². The van der Waals surface area contributed by atoms with E-state index in [4.69, 9.17) is 17.3 Å². The van der Waals surface area contributed by atoms with Gasteiger partial charge in [-0.2, -0.15) is 0 Å². The number of nitrogens with zero attached hydrogens (tertiary/aromatic N) is 1. The van der Waals surface area contributed by atoms with Crippen LogP contribution in [0.1, 0.15) is 5.56 Å². The lowest BCUT2D eigenvalue weighted by Gasteiger charge is -1.97. The van der Waals surface area contributed by atoms with Gasteiger partial charge in [-0.3, -0.25) is 0 Å². The van der Waals surface area contributed by atoms with Crippen LogP contribution in [-0.2, 0) is 6.42 Å². The summed E-state index contributed by atoms with van der Waals surface area (Å²) < 4.78 is 0. The maximum atomic E-state index is 5.81. The van der Waals surface area contributed by atoms with E-state index in [9.17, 15) is 0 Å². The summed E-state index contributed by atoms with van der Waals surface area (Å²) in [6, 6.07) is 5.65. The molecule has 0 bridgehead atoms. The highest BCUT2D eigenvalue weighted by atomic mass is 35.5. The second-order valence-electron chi connectivity index (χ2n) is 3.24. The molecular formula is C11H11ClN3. The van der Waals surface area contributed by atoms with Gasteiger partial charge in [-0.1, -0.05) is 11.6 Å². The van der Waals surface area contributed by atoms with E-state index < -0.39 is 0 Å². The highest BCUT2D eigenvalue weighted by molar-refractivity contribution is 6.29. The third kappa shape index (κ3) is 1.97. The lowest BCUT2D eigenvalue weighted by atomic mass is 10.1. The normalized spacial score (nSPS) is 10.5. The average Bonchev–Trinajstić information content (AvgIpc) is 2.60. The Morgan fingerprint density at radius 3 is 2.87 bits per heavy atom. The summed E-state index contributed by atoms with van der Waals surface area (Å²) in [7, 11) is 0. The molecule has 4 heteroatoms. The molecule has 3 nitrogen and oxygen atoms in total. The van der Waals surface area contributed by atoms with Crippen LogP contribution < -0.4 is 5.73 Å². The van der Waals surface area contributed by atoms with Crippen molar-refractivity contribution in [1.29, 1.82) is 0 Å². The van der Waals surface area contributed by atoms with Crippen molar-refractivity contribution in [2.24, 2.45) is 0 Å². The molecule has 0 unspecified atom stereocenters. The Morgan fingerprint density at radius 1 is 1.47 bits per heavy atom. The quantitative estimate of drug-likeness (QED) is 0.765. The van der Waals surface area contributed by atoms with E-state index in [2.05, 4.69) is 16.9 Å². The number of nitrogens with one attached hydrogen (secondary N) is 1. The molecule has 1 radical (unpaired) electrons. The number of nitrogens with two attached hydrogens (primary N) is 1. The first-order valence-electron chi connectivity index (χ1n) is 4.59. The number of halogens is 1. The van der Waals surface area contributed by atoms with Gasteiger partial charge in [0, 0.05) is 17.5 Å². The Labute approximate surface area is 93.3 Å². The van der Waals surface area contributed by atoms with E-state index in [0.717, 1.165) is 16.8 Å². The zero-order chi connectivity index (χ0) is 10.8. The van der Waals surface area contributed by atoms with Gasteiger partial charge < -0.3 is 10.7 Å². The number of aromatic amines is 1. The molecule has 0 spiro atoms. The van der Waals surface area contributed by atoms with Crippen molar-refractivity contribution in [2.45, 2.75) is 6.42 Å². The minimum Gasteiger partial charge on any atom is -0.385 e. The van der Waals surface area contributed by atoms with Crippen LogP contribution in [0.2, 0.25) is 5.15 Å². The fourth-order valence-electron chi connectivity index (χ4n) is 1.45. The summed E-state index contributed by atoms with van der Waals surface area (Å²) in [5.41, 5.74) is 8.71. The number of hydrogen-bond donors (Lipinski definition) is 2. The lowest BCUT2D eigenvalue weighted by molar-refractivity contribution is 1.28. The number of H-pyrrole nitrogens is 1. The first-order valence-corrected chi connectivity index (χ1v) is 4.97. The minimum atomic E-state index is 0.469. The molecule has 0 aromatic carbocycles. The molecule has 15 heavy (non-hydrogen) atoms. The van der Waals surface area contributed by atoms with Crippen molar-refractivity contribution in [3.8, 4) is 11.3 Å². The van der Waals surface area contributed by atoms with E-state index in [1.165, 1.54) is 0 Å². The van der Waals surface area contributed by atoms with Gasteiger partial charge >= 0.3 is 0 Å². The summed E-state index contributed by atoms with van der Waals surface area (Å²) in [6.07, 6.45) is 2.33. The summed E-state index contributed by atoms with van der Waals surface area (Å²) in [5, 5.41) is 0.469. The Kier molecular flexibility index (Phi) is 2.64. The van der Waals surface area contributed by atoms with Crippen molar-refractivity contribution < 1.29 is 0 Å². The number of nitrogen functional groups attached to an aromatic ring is 1. The lowest BCUT2D eigenvalue weighted by Crippen LogP contribution is -1.88. The molecule has 0 fully saturated rings. The maximum absolute atomic E-state index is 5.81. The smallest absolute Gasteiger partial charge is 0.129 e. The second kappa shape index (κ2) is 3.95. The van der Waals surface area contributed by atoms with Gasteiger partial charge in [-0.15, -0.1) is 0 Å². The molecule has 0 aliphatic rings. The van der Waals surface area contributed by atoms with Crippen molar-refractivity contribution in [2.75, 3.05) is 5.73 Å². The summed E-state index contributed by atoms with van der Waals surface area (Å²) in [6.45, 7) is 3.80. The zero-order valence-corrected chi connectivity index (χ0v) is 8.88. The predicted octanol–water partition coefficient (Wildman–Crippen LogP) is 2.69. The van der Waals surface area contributed by atoms with Gasteiger partial charge in [0.2, 0.25) is 0 Å². The monoisotopic (exact) mass is 220 g/mol. The largest absolute Gasteiger partial charge is 0.385 e. The molecule has 2 heterocycles. The van der Waals surface area contributed by atoms with Crippen LogP contribution in [-0.4, -0.2) is 9.97 Å². The maximum Gasteiger partial charge on any atom is 0.129 e. The van der Waals surface area contributed by atoms with E-state index >= 15 is 0 Å². The molecular weight excluding hydrogens is 210 g/mol. The second-order valence-corrected chi connectivity index (χ2v) is 3.63. The van der Waals surface area contributed by atoms with Gasteiger partial charge in [0.25, 0.3) is 0 Å². The molecule has 2 aromatic heterocycles. The Hall–Kier alpha value is -1.48. The van der Waals surface area contributed by atoms with E-state index in [1.54, 1.807) is 12.3 Å². The molecule has 0 atom stereocenters. The van der Waals surface area contributed by atoms with Gasteiger partial charge in [0.15, 0.2) is 0 Å². The van der Waals surface area contributed by atoms with Crippen LogP contribution in [0.4, 0.5) is 5.82 Å². The fourth-order valence-corrected chi connectivity index (χ4v) is 1.62. The van der Waals surface area contributed by atoms with E-state index in [-0.39, 0.29) is 0 Å². The summed E-state index contributed by atoms with van der Waals surface area (Å²) in [4.78, 5) is 7.01. The number of rotatable bonds is 2. The number of anilines is 1. The third-order valence-electron chi connectivity index (χ3n) is 2.24. The summed E-state index contributed by atoms with van der Waals surface area (Å²) in [5.74, 6) is 0.660. The van der Waals surface area contributed by atoms with Crippen LogP contribution in [0.15, 0.2) is 24.4 Å². The molecule has 0 aliphatic carbocycles. The number of hydrogen-bond acceptors (Lipinski definition) is 2. The van der Waals surface area contributed by atoms with E-state index in [0.29, 0.717) is 17.4 Å². The molecule has 77 valence electrons. The summed E-state index contributed by atoms with van der Waals surface area (Å²) >= 11 is 5.81. The van der Waals surface area contributed by atoms with Crippen molar-refractivity contribution in [3.63, 3.8) is 0 Å². The van der Waals surface area contributed by atoms with Crippen LogP contribution >= 0.6 is 11.6 Å². The molecule has 2 aromatic rings. The number of aromatic nitrogens is 2. The molecule has 0 aliphatic heterocycles. The topological polar surface area (TPSA) is 54.7 Å². The average molecular weight is 221 g/mol. The van der Waals surface area contributed by atoms with Crippen LogP contribution in [0.25, 0.3) is 11.3 Å². The third-order valence-corrected chi connectivity index (χ3v) is 2.45. The van der Waals surface area contributed by atoms with Gasteiger partial charge in [0.1, 0.15) is 11.0 Å². The molecule has 2 rings (SSSR count). The van der Waals surface area contributed by atoms with Crippen LogP contribution in [0, 0.1) is 6.92 Å². The standard InChI is InChI=1S/C11H11ClN3/c1-2-7-5-9(15-11(7)13)8-3-4-14-10(12)6-8/h3-6,15H,1-2,13H2. The predicted molar refractivity (Wildman–Crippen MR) is 62.5 cm³/mol. The van der Waals surface area contributed by atoms with Gasteiger partial charge in [0.05, 0.1) is 0 Å².